The molecule has 146 valence electrons. The Morgan fingerprint density at radius 2 is 1.68 bits per heavy atom. The van der Waals surface area contributed by atoms with E-state index < -0.39 is 17.5 Å². The van der Waals surface area contributed by atoms with Gasteiger partial charge in [-0.3, -0.25) is 10.1 Å². The number of rotatable bonds is 7. The summed E-state index contributed by atoms with van der Waals surface area (Å²) >= 11 is 5.79. The maximum atomic E-state index is 11.9. The molecular formula is C20H19ClN2O5. The van der Waals surface area contributed by atoms with Crippen LogP contribution in [0.2, 0.25) is 5.02 Å². The number of carbonyl (C=O) groups is 3. The molecule has 2 N–H and O–H groups in total. The van der Waals surface area contributed by atoms with E-state index in [-0.39, 0.29) is 12.5 Å². The standard InChI is InChI=1S/C20H19ClN2O5/c1-20(18(25)22-19(26)23-20)11-10-13-2-6-16(7-3-13)28-17(24)12-27-15-8-4-14(21)5-9-15/h2-9H,10-12H2,1H3,(H2,22,23,25,26)/t20-/m1/s1. The van der Waals surface area contributed by atoms with Gasteiger partial charge in [0, 0.05) is 5.02 Å². The lowest BCUT2D eigenvalue weighted by Crippen LogP contribution is -2.43. The molecule has 0 unspecified atom stereocenters. The number of carbonyl (C=O) groups excluding carboxylic acids is 3. The van der Waals surface area contributed by atoms with Gasteiger partial charge in [-0.15, -0.1) is 0 Å². The van der Waals surface area contributed by atoms with Crippen LogP contribution >= 0.6 is 11.6 Å². The van der Waals surface area contributed by atoms with Crippen molar-refractivity contribution in [1.29, 1.82) is 0 Å². The van der Waals surface area contributed by atoms with E-state index in [1.54, 1.807) is 55.5 Å². The molecule has 0 spiro atoms. The number of nitrogens with one attached hydrogen (secondary N) is 2. The molecule has 0 saturated carbocycles. The third-order valence-corrected chi connectivity index (χ3v) is 4.61. The van der Waals surface area contributed by atoms with Crippen LogP contribution in [0, 0.1) is 0 Å². The molecule has 1 atom stereocenters. The lowest BCUT2D eigenvalue weighted by molar-refractivity contribution is -0.136. The minimum absolute atomic E-state index is 0.226. The average molecular weight is 403 g/mol. The largest absolute Gasteiger partial charge is 0.482 e. The third-order valence-electron chi connectivity index (χ3n) is 4.36. The number of hydrogen-bond donors (Lipinski definition) is 2. The maximum Gasteiger partial charge on any atom is 0.349 e. The minimum Gasteiger partial charge on any atom is -0.482 e. The molecule has 0 aliphatic carbocycles. The van der Waals surface area contributed by atoms with Gasteiger partial charge < -0.3 is 14.8 Å². The average Bonchev–Trinajstić information content (AvgIpc) is 2.93. The molecule has 1 heterocycles. The molecule has 0 bridgehead atoms. The molecule has 1 fully saturated rings. The van der Waals surface area contributed by atoms with Crippen molar-refractivity contribution in [3.05, 3.63) is 59.1 Å². The number of imide groups is 1. The summed E-state index contributed by atoms with van der Waals surface area (Å²) in [4.78, 5) is 35.0. The van der Waals surface area contributed by atoms with E-state index in [2.05, 4.69) is 10.6 Å². The van der Waals surface area contributed by atoms with Crippen LogP contribution in [0.5, 0.6) is 11.5 Å². The van der Waals surface area contributed by atoms with Crippen LogP contribution in [-0.4, -0.2) is 30.1 Å². The number of hydrogen-bond acceptors (Lipinski definition) is 5. The Morgan fingerprint density at radius 1 is 1.04 bits per heavy atom. The molecule has 1 aliphatic rings. The smallest absolute Gasteiger partial charge is 0.349 e. The lowest BCUT2D eigenvalue weighted by atomic mass is 9.93. The van der Waals surface area contributed by atoms with Gasteiger partial charge in [-0.25, -0.2) is 9.59 Å². The number of halogens is 1. The van der Waals surface area contributed by atoms with Gasteiger partial charge in [0.2, 0.25) is 0 Å². The summed E-state index contributed by atoms with van der Waals surface area (Å²) in [6.07, 6.45) is 1.04. The Labute approximate surface area is 167 Å². The molecule has 0 aromatic heterocycles. The monoisotopic (exact) mass is 402 g/mol. The highest BCUT2D eigenvalue weighted by atomic mass is 35.5. The Balaban J connectivity index is 1.47. The highest BCUT2D eigenvalue weighted by Gasteiger charge is 2.41. The molecule has 1 saturated heterocycles. The molecule has 1 aliphatic heterocycles. The van der Waals surface area contributed by atoms with E-state index in [9.17, 15) is 14.4 Å². The van der Waals surface area contributed by atoms with Crippen molar-refractivity contribution in [2.75, 3.05) is 6.61 Å². The van der Waals surface area contributed by atoms with Gasteiger partial charge in [0.1, 0.15) is 17.0 Å². The number of esters is 1. The van der Waals surface area contributed by atoms with Crippen molar-refractivity contribution in [3.63, 3.8) is 0 Å². The fourth-order valence-corrected chi connectivity index (χ4v) is 2.83. The highest BCUT2D eigenvalue weighted by molar-refractivity contribution is 6.30. The minimum atomic E-state index is -0.915. The normalized spacial score (nSPS) is 18.4. The van der Waals surface area contributed by atoms with E-state index in [1.165, 1.54) is 0 Å². The zero-order chi connectivity index (χ0) is 20.1. The summed E-state index contributed by atoms with van der Waals surface area (Å²) in [5, 5.41) is 5.45. The van der Waals surface area contributed by atoms with Crippen molar-refractivity contribution in [2.45, 2.75) is 25.3 Å². The van der Waals surface area contributed by atoms with Crippen LogP contribution < -0.4 is 20.1 Å². The van der Waals surface area contributed by atoms with Crippen molar-refractivity contribution in [3.8, 4) is 11.5 Å². The van der Waals surface area contributed by atoms with Gasteiger partial charge in [0.25, 0.3) is 5.91 Å². The van der Waals surface area contributed by atoms with E-state index in [0.29, 0.717) is 29.4 Å². The van der Waals surface area contributed by atoms with E-state index in [0.717, 1.165) is 5.56 Å². The quantitative estimate of drug-likeness (QED) is 0.422. The topological polar surface area (TPSA) is 93.7 Å². The van der Waals surface area contributed by atoms with Crippen LogP contribution in [0.3, 0.4) is 0 Å². The van der Waals surface area contributed by atoms with Gasteiger partial charge in [0.15, 0.2) is 6.61 Å². The van der Waals surface area contributed by atoms with Crippen LogP contribution in [0.1, 0.15) is 18.9 Å². The van der Waals surface area contributed by atoms with Crippen LogP contribution in [0.4, 0.5) is 4.79 Å². The maximum absolute atomic E-state index is 11.9. The van der Waals surface area contributed by atoms with Crippen LogP contribution in [0.15, 0.2) is 48.5 Å². The molecule has 0 radical (unpaired) electrons. The Kier molecular flexibility index (Phi) is 5.84. The fourth-order valence-electron chi connectivity index (χ4n) is 2.71. The number of amides is 3. The summed E-state index contributed by atoms with van der Waals surface area (Å²) < 4.78 is 10.6. The molecule has 8 heteroatoms. The van der Waals surface area contributed by atoms with Gasteiger partial charge in [-0.05, 0) is 61.7 Å². The summed E-state index contributed by atoms with van der Waals surface area (Å²) in [6, 6.07) is 13.1. The number of benzene rings is 2. The number of urea groups is 1. The van der Waals surface area contributed by atoms with Crippen molar-refractivity contribution in [1.82, 2.24) is 10.6 Å². The molecule has 2 aromatic carbocycles. The van der Waals surface area contributed by atoms with Crippen molar-refractivity contribution >= 4 is 29.5 Å². The third kappa shape index (κ3) is 5.01. The molecule has 28 heavy (non-hydrogen) atoms. The van der Waals surface area contributed by atoms with Crippen molar-refractivity contribution < 1.29 is 23.9 Å². The molecule has 3 rings (SSSR count). The fraction of sp³-hybridized carbons (Fsp3) is 0.250. The number of aryl methyl sites for hydroxylation is 1. The molecule has 2 aromatic rings. The summed E-state index contributed by atoms with van der Waals surface area (Å²) in [5.74, 6) is 0.0594. The summed E-state index contributed by atoms with van der Waals surface area (Å²) in [5.41, 5.74) is 0.0358. The zero-order valence-electron chi connectivity index (χ0n) is 15.2. The summed E-state index contributed by atoms with van der Waals surface area (Å²) in [6.45, 7) is 1.46. The van der Waals surface area contributed by atoms with E-state index >= 15 is 0 Å². The molecular weight excluding hydrogens is 384 g/mol. The van der Waals surface area contributed by atoms with Gasteiger partial charge in [-0.1, -0.05) is 23.7 Å². The van der Waals surface area contributed by atoms with Crippen molar-refractivity contribution in [2.24, 2.45) is 0 Å². The van der Waals surface area contributed by atoms with Gasteiger partial charge >= 0.3 is 12.0 Å². The first-order valence-electron chi connectivity index (χ1n) is 8.66. The predicted octanol–water partition coefficient (Wildman–Crippen LogP) is 2.86. The second kappa shape index (κ2) is 8.31. The lowest BCUT2D eigenvalue weighted by Gasteiger charge is -2.20. The first kappa shape index (κ1) is 19.7. The Bertz CT molecular complexity index is 882. The molecule has 7 nitrogen and oxygen atoms in total. The first-order chi connectivity index (χ1) is 13.3. The zero-order valence-corrected chi connectivity index (χ0v) is 15.9. The van der Waals surface area contributed by atoms with E-state index in [1.807, 2.05) is 0 Å². The number of ether oxygens (including phenoxy) is 2. The molecule has 3 amide bonds. The second-order valence-corrected chi connectivity index (χ2v) is 7.04. The Hall–Kier alpha value is -3.06. The van der Waals surface area contributed by atoms with Gasteiger partial charge in [0.05, 0.1) is 0 Å². The second-order valence-electron chi connectivity index (χ2n) is 6.60. The predicted molar refractivity (Wildman–Crippen MR) is 102 cm³/mol. The van der Waals surface area contributed by atoms with Crippen LogP contribution in [-0.2, 0) is 16.0 Å². The van der Waals surface area contributed by atoms with E-state index in [4.69, 9.17) is 21.1 Å². The van der Waals surface area contributed by atoms with Crippen LogP contribution in [0.25, 0.3) is 0 Å². The highest BCUT2D eigenvalue weighted by Crippen LogP contribution is 2.20. The van der Waals surface area contributed by atoms with Gasteiger partial charge in [-0.2, -0.15) is 0 Å². The SMILES string of the molecule is C[C@]1(CCc2ccc(OC(=O)COc3ccc(Cl)cc3)cc2)NC(=O)NC1=O. The Morgan fingerprint density at radius 3 is 2.29 bits per heavy atom. The first-order valence-corrected chi connectivity index (χ1v) is 9.03. The summed E-state index contributed by atoms with van der Waals surface area (Å²) in [7, 11) is 0.